The van der Waals surface area contributed by atoms with Crippen molar-refractivity contribution in [1.29, 1.82) is 0 Å². The average Bonchev–Trinajstić information content (AvgIpc) is 2.81. The lowest BCUT2D eigenvalue weighted by Crippen LogP contribution is -2.57. The molecule has 1 aliphatic carbocycles. The predicted molar refractivity (Wildman–Crippen MR) is 123 cm³/mol. The van der Waals surface area contributed by atoms with Crippen LogP contribution < -0.4 is 10.1 Å². The van der Waals surface area contributed by atoms with E-state index in [1.807, 2.05) is 36.4 Å². The molecule has 1 heterocycles. The molecular weight excluding hydrogens is 428 g/mol. The van der Waals surface area contributed by atoms with Gasteiger partial charge in [0.05, 0.1) is 13.2 Å². The Morgan fingerprint density at radius 1 is 1.22 bits per heavy atom. The molecule has 0 aromatic heterocycles. The summed E-state index contributed by atoms with van der Waals surface area (Å²) in [7, 11) is 1.60. The molecule has 1 aliphatic heterocycles. The van der Waals surface area contributed by atoms with E-state index in [0.717, 1.165) is 36.8 Å². The molecule has 32 heavy (non-hydrogen) atoms. The Morgan fingerprint density at radius 2 is 2.00 bits per heavy atom. The molecular formula is C25H27ClN2O4. The predicted octanol–water partition coefficient (Wildman–Crippen LogP) is 4.18. The van der Waals surface area contributed by atoms with Gasteiger partial charge in [0.15, 0.2) is 5.76 Å². The molecule has 1 N–H and O–H groups in total. The summed E-state index contributed by atoms with van der Waals surface area (Å²) in [6.45, 7) is 0.390. The van der Waals surface area contributed by atoms with Gasteiger partial charge in [-0.15, -0.1) is 0 Å². The van der Waals surface area contributed by atoms with Crippen molar-refractivity contribution in [2.24, 2.45) is 0 Å². The van der Waals surface area contributed by atoms with Crippen LogP contribution in [0.15, 0.2) is 54.3 Å². The van der Waals surface area contributed by atoms with Crippen LogP contribution in [0, 0.1) is 0 Å². The smallest absolute Gasteiger partial charge is 0.289 e. The van der Waals surface area contributed by atoms with Gasteiger partial charge >= 0.3 is 0 Å². The number of halogens is 1. The second-order valence-corrected chi connectivity index (χ2v) is 8.57. The molecule has 0 radical (unpaired) electrons. The first-order valence-corrected chi connectivity index (χ1v) is 11.3. The van der Waals surface area contributed by atoms with Crippen molar-refractivity contribution in [3.05, 3.63) is 70.4 Å². The Labute approximate surface area is 193 Å². The average molecular weight is 455 g/mol. The summed E-state index contributed by atoms with van der Waals surface area (Å²) in [6, 6.07) is 14.7. The van der Waals surface area contributed by atoms with E-state index in [0.29, 0.717) is 17.3 Å². The number of nitrogens with zero attached hydrogens (tertiary/aromatic N) is 1. The molecule has 6 nitrogen and oxygen atoms in total. The minimum absolute atomic E-state index is 0.00635. The SMILES string of the molecule is COc1cccc(/C=C2/OC3CCCCC3N(CC(=O)NCc3ccc(Cl)cc3)C2=O)c1. The molecule has 2 aliphatic rings. The second kappa shape index (κ2) is 10.1. The highest BCUT2D eigenvalue weighted by atomic mass is 35.5. The summed E-state index contributed by atoms with van der Waals surface area (Å²) in [6.07, 6.45) is 5.42. The molecule has 2 amide bonds. The summed E-state index contributed by atoms with van der Waals surface area (Å²) < 4.78 is 11.4. The number of hydrogen-bond donors (Lipinski definition) is 1. The van der Waals surface area contributed by atoms with Gasteiger partial charge in [0.25, 0.3) is 5.91 Å². The monoisotopic (exact) mass is 454 g/mol. The summed E-state index contributed by atoms with van der Waals surface area (Å²) in [5.74, 6) is 0.529. The highest BCUT2D eigenvalue weighted by Gasteiger charge is 2.42. The van der Waals surface area contributed by atoms with Gasteiger partial charge in [0, 0.05) is 11.6 Å². The van der Waals surface area contributed by atoms with Crippen molar-refractivity contribution in [2.75, 3.05) is 13.7 Å². The lowest BCUT2D eigenvalue weighted by atomic mass is 9.89. The molecule has 2 unspecified atom stereocenters. The zero-order chi connectivity index (χ0) is 22.5. The van der Waals surface area contributed by atoms with Gasteiger partial charge in [0.2, 0.25) is 5.91 Å². The number of rotatable bonds is 6. The van der Waals surface area contributed by atoms with Gasteiger partial charge in [-0.2, -0.15) is 0 Å². The number of nitrogens with one attached hydrogen (secondary N) is 1. The van der Waals surface area contributed by atoms with Gasteiger partial charge in [-0.1, -0.05) is 42.3 Å². The zero-order valence-electron chi connectivity index (χ0n) is 18.1. The lowest BCUT2D eigenvalue weighted by Gasteiger charge is -2.44. The molecule has 1 saturated heterocycles. The molecule has 2 aromatic rings. The Bertz CT molecular complexity index is 1010. The molecule has 168 valence electrons. The van der Waals surface area contributed by atoms with Crippen LogP contribution in [0.25, 0.3) is 6.08 Å². The quantitative estimate of drug-likeness (QED) is 0.665. The molecule has 7 heteroatoms. The van der Waals surface area contributed by atoms with Crippen molar-refractivity contribution in [2.45, 2.75) is 44.4 Å². The summed E-state index contributed by atoms with van der Waals surface area (Å²) in [4.78, 5) is 27.7. The van der Waals surface area contributed by atoms with Gasteiger partial charge in [-0.05, 0) is 60.7 Å². The van der Waals surface area contributed by atoms with E-state index in [1.165, 1.54) is 0 Å². The fourth-order valence-corrected chi connectivity index (χ4v) is 4.38. The third-order valence-electron chi connectivity index (χ3n) is 5.93. The second-order valence-electron chi connectivity index (χ2n) is 8.13. The third-order valence-corrected chi connectivity index (χ3v) is 6.18. The first-order chi connectivity index (χ1) is 15.5. The number of morpholine rings is 1. The van der Waals surface area contributed by atoms with Gasteiger partial charge < -0.3 is 19.7 Å². The summed E-state index contributed by atoms with van der Waals surface area (Å²) in [5.41, 5.74) is 1.76. The lowest BCUT2D eigenvalue weighted by molar-refractivity contribution is -0.151. The number of hydrogen-bond acceptors (Lipinski definition) is 4. The van der Waals surface area contributed by atoms with E-state index in [9.17, 15) is 9.59 Å². The summed E-state index contributed by atoms with van der Waals surface area (Å²) in [5, 5.41) is 3.56. The van der Waals surface area contributed by atoms with Crippen LogP contribution in [0.3, 0.4) is 0 Å². The summed E-state index contributed by atoms with van der Waals surface area (Å²) >= 11 is 5.92. The first kappa shape index (κ1) is 22.2. The van der Waals surface area contributed by atoms with E-state index in [-0.39, 0.29) is 36.3 Å². The maximum Gasteiger partial charge on any atom is 0.289 e. The van der Waals surface area contributed by atoms with E-state index < -0.39 is 0 Å². The van der Waals surface area contributed by atoms with Gasteiger partial charge in [-0.3, -0.25) is 9.59 Å². The molecule has 2 aromatic carbocycles. The van der Waals surface area contributed by atoms with Crippen LogP contribution in [0.5, 0.6) is 5.75 Å². The highest BCUT2D eigenvalue weighted by molar-refractivity contribution is 6.30. The van der Waals surface area contributed by atoms with Gasteiger partial charge in [0.1, 0.15) is 18.4 Å². The van der Waals surface area contributed by atoms with Crippen molar-refractivity contribution in [3.8, 4) is 5.75 Å². The molecule has 1 saturated carbocycles. The van der Waals surface area contributed by atoms with Crippen molar-refractivity contribution >= 4 is 29.5 Å². The standard InChI is InChI=1S/C25H27ClN2O4/c1-31-20-6-4-5-18(13-20)14-23-25(30)28(21-7-2-3-8-22(21)32-23)16-24(29)27-15-17-9-11-19(26)12-10-17/h4-6,9-14,21-22H,2-3,7-8,15-16H2,1H3,(H,27,29)/b23-14+. The third kappa shape index (κ3) is 5.25. The largest absolute Gasteiger partial charge is 0.497 e. The van der Waals surface area contributed by atoms with E-state index in [2.05, 4.69) is 5.32 Å². The Morgan fingerprint density at radius 3 is 2.78 bits per heavy atom. The molecule has 0 bridgehead atoms. The normalized spacial score (nSPS) is 21.6. The number of amides is 2. The minimum atomic E-state index is -0.252. The number of carbonyl (C=O) groups excluding carboxylic acids is 2. The Kier molecular flexibility index (Phi) is 7.00. The van der Waals surface area contributed by atoms with E-state index >= 15 is 0 Å². The van der Waals surface area contributed by atoms with Gasteiger partial charge in [-0.25, -0.2) is 0 Å². The Hall–Kier alpha value is -2.99. The number of benzene rings is 2. The highest BCUT2D eigenvalue weighted by Crippen LogP contribution is 2.33. The first-order valence-electron chi connectivity index (χ1n) is 10.9. The fourth-order valence-electron chi connectivity index (χ4n) is 4.26. The maximum atomic E-state index is 13.3. The minimum Gasteiger partial charge on any atom is -0.497 e. The van der Waals surface area contributed by atoms with Crippen LogP contribution in [-0.4, -0.2) is 42.5 Å². The number of ether oxygens (including phenoxy) is 2. The van der Waals surface area contributed by atoms with E-state index in [4.69, 9.17) is 21.1 Å². The maximum absolute atomic E-state index is 13.3. The molecule has 0 spiro atoms. The van der Waals surface area contributed by atoms with Crippen LogP contribution in [0.1, 0.15) is 36.8 Å². The fraction of sp³-hybridized carbons (Fsp3) is 0.360. The topological polar surface area (TPSA) is 67.9 Å². The number of carbonyl (C=O) groups is 2. The van der Waals surface area contributed by atoms with Crippen LogP contribution >= 0.6 is 11.6 Å². The van der Waals surface area contributed by atoms with Crippen LogP contribution in [-0.2, 0) is 20.9 Å². The number of fused-ring (bicyclic) bond motifs is 1. The van der Waals surface area contributed by atoms with Crippen LogP contribution in [0.4, 0.5) is 0 Å². The van der Waals surface area contributed by atoms with Crippen molar-refractivity contribution in [3.63, 3.8) is 0 Å². The molecule has 2 atom stereocenters. The van der Waals surface area contributed by atoms with E-state index in [1.54, 1.807) is 30.2 Å². The van der Waals surface area contributed by atoms with Crippen LogP contribution in [0.2, 0.25) is 5.02 Å². The zero-order valence-corrected chi connectivity index (χ0v) is 18.8. The number of methoxy groups -OCH3 is 1. The van der Waals surface area contributed by atoms with Crippen molar-refractivity contribution < 1.29 is 19.1 Å². The Balaban J connectivity index is 1.49. The molecule has 4 rings (SSSR count). The van der Waals surface area contributed by atoms with Crippen molar-refractivity contribution in [1.82, 2.24) is 10.2 Å². The molecule has 2 fully saturated rings.